The van der Waals surface area contributed by atoms with Gasteiger partial charge in [-0.2, -0.15) is 26.3 Å². The maximum Gasteiger partial charge on any atom is 0.420 e. The number of carboxylic acids is 1. The van der Waals surface area contributed by atoms with E-state index in [2.05, 4.69) is 5.32 Å². The van der Waals surface area contributed by atoms with E-state index in [1.54, 1.807) is 6.07 Å². The van der Waals surface area contributed by atoms with Crippen molar-refractivity contribution in [2.75, 3.05) is 0 Å². The van der Waals surface area contributed by atoms with E-state index < -0.39 is 53.6 Å². The highest BCUT2D eigenvalue weighted by Crippen LogP contribution is 2.44. The molecule has 212 valence electrons. The first kappa shape index (κ1) is 27.8. The average Bonchev–Trinajstić information content (AvgIpc) is 3.29. The largest absolute Gasteiger partial charge is 0.490 e. The van der Waals surface area contributed by atoms with Crippen molar-refractivity contribution in [2.45, 2.75) is 63.0 Å². The number of aromatic carboxylic acids is 1. The Hall–Kier alpha value is -3.76. The van der Waals surface area contributed by atoms with Gasteiger partial charge in [-0.15, -0.1) is 0 Å². The fraction of sp³-hybridized carbons (Fsp3) is 0.379. The number of hydrogen-bond donors (Lipinski definition) is 2. The number of alkyl halides is 6. The van der Waals surface area contributed by atoms with Gasteiger partial charge in [0.1, 0.15) is 11.3 Å². The maximum atomic E-state index is 14.2. The molecule has 3 aromatic carbocycles. The molecule has 2 aliphatic rings. The van der Waals surface area contributed by atoms with Crippen LogP contribution < -0.4 is 10.1 Å². The Morgan fingerprint density at radius 1 is 0.850 bits per heavy atom. The molecule has 0 heterocycles. The van der Waals surface area contributed by atoms with Gasteiger partial charge in [-0.3, -0.25) is 4.79 Å². The first-order valence-corrected chi connectivity index (χ1v) is 12.9. The van der Waals surface area contributed by atoms with Crippen molar-refractivity contribution in [1.29, 1.82) is 0 Å². The molecule has 2 aliphatic carbocycles. The lowest BCUT2D eigenvalue weighted by atomic mass is 9.87. The van der Waals surface area contributed by atoms with E-state index >= 15 is 0 Å². The number of nitrogens with one attached hydrogen (secondary N) is 1. The minimum absolute atomic E-state index is 0.00310. The molecule has 1 unspecified atom stereocenters. The van der Waals surface area contributed by atoms with Gasteiger partial charge in [-0.05, 0) is 90.8 Å². The van der Waals surface area contributed by atoms with E-state index in [4.69, 9.17) is 4.74 Å². The number of ether oxygens (including phenoxy) is 1. The van der Waals surface area contributed by atoms with Gasteiger partial charge >= 0.3 is 18.3 Å². The van der Waals surface area contributed by atoms with Gasteiger partial charge in [-0.25, -0.2) is 4.79 Å². The van der Waals surface area contributed by atoms with Gasteiger partial charge in [-0.1, -0.05) is 18.2 Å². The SMILES string of the molecule is O=C(O)c1ccc2c(c1)C(NC(=O)c1ccc3c(C(F)(F)F)c(O[C@H]4CC[C@@H](C(F)(F)F)CC4)ccc3c1)CC2. The Morgan fingerprint density at radius 3 is 2.20 bits per heavy atom. The zero-order valence-corrected chi connectivity index (χ0v) is 21.0. The molecule has 40 heavy (non-hydrogen) atoms. The van der Waals surface area contributed by atoms with Crippen LogP contribution >= 0.6 is 0 Å². The zero-order valence-electron chi connectivity index (χ0n) is 21.0. The minimum atomic E-state index is -4.81. The summed E-state index contributed by atoms with van der Waals surface area (Å²) in [6.07, 6.45) is -9.12. The van der Waals surface area contributed by atoms with Crippen molar-refractivity contribution in [1.82, 2.24) is 5.32 Å². The molecule has 3 aromatic rings. The third kappa shape index (κ3) is 5.59. The number of carbonyl (C=O) groups excluding carboxylic acids is 1. The van der Waals surface area contributed by atoms with Crippen LogP contribution in [0.1, 0.15) is 75.6 Å². The molecule has 1 amide bonds. The summed E-state index contributed by atoms with van der Waals surface area (Å²) in [6.45, 7) is 0. The standard InChI is InChI=1S/C29H25F6NO4/c30-28(31,32)19-6-8-20(9-7-19)40-24-12-5-16-13-17(3-10-21(16)25(24)29(33,34)35)26(37)36-23-11-4-15-1-2-18(27(38)39)14-22(15)23/h1-3,5,10,12-14,19-20,23H,4,6-9,11H2,(H,36,37)(H,38,39)/t19-,20+,23?. The molecule has 11 heteroatoms. The van der Waals surface area contributed by atoms with Crippen LogP contribution in [0.15, 0.2) is 48.5 Å². The van der Waals surface area contributed by atoms with Crippen LogP contribution in [-0.4, -0.2) is 29.3 Å². The first-order valence-electron chi connectivity index (χ1n) is 12.9. The number of fused-ring (bicyclic) bond motifs is 2. The van der Waals surface area contributed by atoms with Crippen molar-refractivity contribution in [3.8, 4) is 5.75 Å². The van der Waals surface area contributed by atoms with E-state index in [0.29, 0.717) is 18.4 Å². The van der Waals surface area contributed by atoms with Crippen molar-refractivity contribution in [3.05, 3.63) is 76.3 Å². The molecular weight excluding hydrogens is 540 g/mol. The molecule has 5 rings (SSSR count). The van der Waals surface area contributed by atoms with Crippen molar-refractivity contribution in [3.63, 3.8) is 0 Å². The molecule has 0 saturated heterocycles. The topological polar surface area (TPSA) is 75.6 Å². The van der Waals surface area contributed by atoms with Crippen LogP contribution in [0.5, 0.6) is 5.75 Å². The zero-order chi connectivity index (χ0) is 28.8. The summed E-state index contributed by atoms with van der Waals surface area (Å²) in [5.41, 5.74) is 0.794. The lowest BCUT2D eigenvalue weighted by Gasteiger charge is -2.31. The fourth-order valence-electron chi connectivity index (χ4n) is 5.66. The lowest BCUT2D eigenvalue weighted by Crippen LogP contribution is -2.32. The number of amides is 1. The highest BCUT2D eigenvalue weighted by molar-refractivity contribution is 6.00. The monoisotopic (exact) mass is 565 g/mol. The number of rotatable bonds is 5. The smallest absolute Gasteiger partial charge is 0.420 e. The van der Waals surface area contributed by atoms with Crippen LogP contribution in [0.2, 0.25) is 0 Å². The first-order chi connectivity index (χ1) is 18.8. The predicted octanol–water partition coefficient (Wildman–Crippen LogP) is 7.47. The van der Waals surface area contributed by atoms with Gasteiger partial charge in [0.2, 0.25) is 0 Å². The third-order valence-electron chi connectivity index (χ3n) is 7.73. The Bertz CT molecular complexity index is 1460. The highest BCUT2D eigenvalue weighted by atomic mass is 19.4. The van der Waals surface area contributed by atoms with Crippen LogP contribution in [0.25, 0.3) is 10.8 Å². The van der Waals surface area contributed by atoms with Crippen LogP contribution in [0.4, 0.5) is 26.3 Å². The Morgan fingerprint density at radius 2 is 1.55 bits per heavy atom. The summed E-state index contributed by atoms with van der Waals surface area (Å²) < 4.78 is 87.0. The number of halogens is 6. The van der Waals surface area contributed by atoms with E-state index in [0.717, 1.165) is 11.6 Å². The second kappa shape index (κ2) is 10.3. The van der Waals surface area contributed by atoms with E-state index in [-0.39, 0.29) is 47.6 Å². The van der Waals surface area contributed by atoms with Gasteiger partial charge in [0.15, 0.2) is 0 Å². The number of aryl methyl sites for hydroxylation is 1. The summed E-state index contributed by atoms with van der Waals surface area (Å²) in [6, 6.07) is 10.6. The lowest BCUT2D eigenvalue weighted by molar-refractivity contribution is -0.185. The Kier molecular flexibility index (Phi) is 7.18. The van der Waals surface area contributed by atoms with Crippen LogP contribution in [0, 0.1) is 5.92 Å². The minimum Gasteiger partial charge on any atom is -0.490 e. The Balaban J connectivity index is 1.37. The highest BCUT2D eigenvalue weighted by Gasteiger charge is 2.43. The second-order valence-corrected chi connectivity index (χ2v) is 10.3. The molecule has 0 spiro atoms. The van der Waals surface area contributed by atoms with Crippen molar-refractivity contribution in [2.24, 2.45) is 5.92 Å². The predicted molar refractivity (Wildman–Crippen MR) is 133 cm³/mol. The summed E-state index contributed by atoms with van der Waals surface area (Å²) in [4.78, 5) is 24.4. The van der Waals surface area contributed by atoms with E-state index in [1.165, 1.54) is 36.4 Å². The van der Waals surface area contributed by atoms with Gasteiger partial charge in [0.05, 0.1) is 23.6 Å². The maximum absolute atomic E-state index is 14.2. The third-order valence-corrected chi connectivity index (χ3v) is 7.73. The Labute approximate surface area is 225 Å². The summed E-state index contributed by atoms with van der Waals surface area (Å²) >= 11 is 0. The fourth-order valence-corrected chi connectivity index (χ4v) is 5.66. The molecule has 0 aliphatic heterocycles. The molecule has 5 nitrogen and oxygen atoms in total. The van der Waals surface area contributed by atoms with Gasteiger partial charge < -0.3 is 15.2 Å². The van der Waals surface area contributed by atoms with Gasteiger partial charge in [0.25, 0.3) is 5.91 Å². The molecule has 2 N–H and O–H groups in total. The molecular formula is C29H25F6NO4. The van der Waals surface area contributed by atoms with Crippen molar-refractivity contribution >= 4 is 22.6 Å². The molecule has 0 aromatic heterocycles. The molecule has 1 atom stereocenters. The number of carbonyl (C=O) groups is 2. The molecule has 1 fully saturated rings. The van der Waals surface area contributed by atoms with Crippen LogP contribution in [-0.2, 0) is 12.6 Å². The molecule has 0 radical (unpaired) electrons. The number of benzene rings is 3. The summed E-state index contributed by atoms with van der Waals surface area (Å²) in [5, 5.41) is 12.1. The summed E-state index contributed by atoms with van der Waals surface area (Å²) in [7, 11) is 0. The van der Waals surface area contributed by atoms with Gasteiger partial charge in [0, 0.05) is 5.56 Å². The van der Waals surface area contributed by atoms with E-state index in [1.807, 2.05) is 0 Å². The quantitative estimate of drug-likeness (QED) is 0.315. The second-order valence-electron chi connectivity index (χ2n) is 10.3. The average molecular weight is 566 g/mol. The number of hydrogen-bond acceptors (Lipinski definition) is 3. The molecule has 1 saturated carbocycles. The molecule has 0 bridgehead atoms. The number of carboxylic acid groups (broad SMARTS) is 1. The van der Waals surface area contributed by atoms with Crippen molar-refractivity contribution < 1.29 is 45.8 Å². The van der Waals surface area contributed by atoms with Crippen LogP contribution in [0.3, 0.4) is 0 Å². The normalized spacial score (nSPS) is 21.2. The summed E-state index contributed by atoms with van der Waals surface area (Å²) in [5.74, 6) is -3.54. The van der Waals surface area contributed by atoms with E-state index in [9.17, 15) is 41.0 Å².